The fraction of sp³-hybridized carbons (Fsp3) is 0.174. The maximum Gasteiger partial charge on any atom is 0.252 e. The van der Waals surface area contributed by atoms with E-state index < -0.39 is 16.1 Å². The van der Waals surface area contributed by atoms with Crippen LogP contribution >= 0.6 is 11.6 Å². The highest BCUT2D eigenvalue weighted by molar-refractivity contribution is 7.89. The van der Waals surface area contributed by atoms with E-state index in [9.17, 15) is 13.2 Å². The molecule has 7 heteroatoms. The Bertz CT molecular complexity index is 1140. The molecule has 0 radical (unpaired) electrons. The molecule has 1 aliphatic carbocycles. The highest BCUT2D eigenvalue weighted by Gasteiger charge is 2.28. The minimum atomic E-state index is -3.64. The van der Waals surface area contributed by atoms with Crippen molar-refractivity contribution in [3.63, 3.8) is 0 Å². The van der Waals surface area contributed by atoms with E-state index in [1.165, 1.54) is 12.1 Å². The first-order valence-electron chi connectivity index (χ1n) is 9.66. The van der Waals surface area contributed by atoms with Crippen molar-refractivity contribution in [2.45, 2.75) is 29.8 Å². The molecule has 2 N–H and O–H groups in total. The van der Waals surface area contributed by atoms with E-state index >= 15 is 0 Å². The number of hydrogen-bond acceptors (Lipinski definition) is 3. The van der Waals surface area contributed by atoms with Gasteiger partial charge >= 0.3 is 0 Å². The number of halogens is 1. The van der Waals surface area contributed by atoms with Crippen LogP contribution in [0, 0.1) is 0 Å². The molecule has 4 rings (SSSR count). The third-order valence-corrected chi connectivity index (χ3v) is 6.69. The summed E-state index contributed by atoms with van der Waals surface area (Å²) in [6.45, 7) is 0. The van der Waals surface area contributed by atoms with Gasteiger partial charge in [-0.1, -0.05) is 60.1 Å². The maximum absolute atomic E-state index is 13.0. The molecule has 0 heterocycles. The molecule has 3 aromatic carbocycles. The smallest absolute Gasteiger partial charge is 0.252 e. The molecular formula is C23H21ClN2O3S. The Balaban J connectivity index is 1.61. The summed E-state index contributed by atoms with van der Waals surface area (Å²) >= 11 is 6.01. The van der Waals surface area contributed by atoms with E-state index in [1.54, 1.807) is 24.3 Å². The lowest BCUT2D eigenvalue weighted by atomic mass is 9.98. The number of carbonyl (C=O) groups is 1. The first-order valence-corrected chi connectivity index (χ1v) is 11.5. The lowest BCUT2D eigenvalue weighted by Gasteiger charge is -2.20. The minimum Gasteiger partial charge on any atom is -0.341 e. The van der Waals surface area contributed by atoms with Gasteiger partial charge in [-0.15, -0.1) is 0 Å². The average molecular weight is 441 g/mol. The number of nitrogens with one attached hydrogen (secondary N) is 2. The van der Waals surface area contributed by atoms with Crippen molar-refractivity contribution < 1.29 is 13.2 Å². The van der Waals surface area contributed by atoms with Gasteiger partial charge in [0.2, 0.25) is 10.0 Å². The van der Waals surface area contributed by atoms with Crippen molar-refractivity contribution in [3.05, 3.63) is 101 Å². The Morgan fingerprint density at radius 3 is 2.23 bits per heavy atom. The number of rotatable bonds is 7. The SMILES string of the molecule is O=C(NC(c1ccccc1)c1ccc(Cl)cc1)c1cccc(S(=O)(=O)NC2CC2)c1. The van der Waals surface area contributed by atoms with Gasteiger partial charge in [0, 0.05) is 16.6 Å². The van der Waals surface area contributed by atoms with Crippen molar-refractivity contribution in [1.29, 1.82) is 0 Å². The molecule has 0 bridgehead atoms. The minimum absolute atomic E-state index is 0.000140. The maximum atomic E-state index is 13.0. The monoisotopic (exact) mass is 440 g/mol. The van der Waals surface area contributed by atoms with Crippen molar-refractivity contribution in [2.24, 2.45) is 0 Å². The van der Waals surface area contributed by atoms with Crippen LogP contribution < -0.4 is 10.0 Å². The fourth-order valence-corrected chi connectivity index (χ4v) is 4.64. The van der Waals surface area contributed by atoms with Crippen LogP contribution in [0.15, 0.2) is 83.8 Å². The number of sulfonamides is 1. The third-order valence-electron chi connectivity index (χ3n) is 4.92. The molecule has 5 nitrogen and oxygen atoms in total. The average Bonchev–Trinajstić information content (AvgIpc) is 3.57. The number of carbonyl (C=O) groups excluding carboxylic acids is 1. The van der Waals surface area contributed by atoms with Crippen LogP contribution in [0.4, 0.5) is 0 Å². The largest absolute Gasteiger partial charge is 0.341 e. The summed E-state index contributed by atoms with van der Waals surface area (Å²) in [5, 5.41) is 3.63. The second-order valence-corrected chi connectivity index (χ2v) is 9.44. The van der Waals surface area contributed by atoms with Gasteiger partial charge in [-0.25, -0.2) is 13.1 Å². The van der Waals surface area contributed by atoms with Crippen LogP contribution in [0.3, 0.4) is 0 Å². The summed E-state index contributed by atoms with van der Waals surface area (Å²) in [5.41, 5.74) is 2.06. The van der Waals surface area contributed by atoms with E-state index in [1.807, 2.05) is 42.5 Å². The summed E-state index contributed by atoms with van der Waals surface area (Å²) < 4.78 is 27.6. The molecular weight excluding hydrogens is 420 g/mol. The third kappa shape index (κ3) is 4.90. The summed E-state index contributed by atoms with van der Waals surface area (Å²) in [5.74, 6) is -0.359. The van der Waals surface area contributed by atoms with Gasteiger partial charge in [0.1, 0.15) is 0 Å². The molecule has 0 aromatic heterocycles. The quantitative estimate of drug-likeness (QED) is 0.575. The summed E-state index contributed by atoms with van der Waals surface area (Å²) in [7, 11) is -3.64. The summed E-state index contributed by atoms with van der Waals surface area (Å²) in [6, 6.07) is 22.5. The normalized spacial score (nSPS) is 14.8. The van der Waals surface area contributed by atoms with Crippen LogP contribution in [-0.4, -0.2) is 20.4 Å². The molecule has 1 amide bonds. The second kappa shape index (κ2) is 8.60. The summed E-state index contributed by atoms with van der Waals surface area (Å²) in [6.07, 6.45) is 1.69. The van der Waals surface area contributed by atoms with E-state index in [0.717, 1.165) is 24.0 Å². The van der Waals surface area contributed by atoms with Crippen molar-refractivity contribution >= 4 is 27.5 Å². The first kappa shape index (κ1) is 20.6. The van der Waals surface area contributed by atoms with Crippen LogP contribution in [0.2, 0.25) is 5.02 Å². The molecule has 3 aromatic rings. The predicted octanol–water partition coefficient (Wildman–Crippen LogP) is 4.30. The van der Waals surface area contributed by atoms with Gasteiger partial charge < -0.3 is 5.32 Å². The molecule has 1 fully saturated rings. The van der Waals surface area contributed by atoms with Gasteiger partial charge in [0.05, 0.1) is 10.9 Å². The molecule has 0 saturated heterocycles. The number of benzene rings is 3. The molecule has 1 saturated carbocycles. The standard InChI is InChI=1S/C23H21ClN2O3S/c24-19-11-9-17(10-12-19)22(16-5-2-1-3-6-16)25-23(27)18-7-4-8-21(15-18)30(28,29)26-20-13-14-20/h1-12,15,20,22,26H,13-14H2,(H,25,27). The Morgan fingerprint density at radius 2 is 1.57 bits per heavy atom. The van der Waals surface area contributed by atoms with Crippen molar-refractivity contribution in [3.8, 4) is 0 Å². The van der Waals surface area contributed by atoms with Crippen LogP contribution in [0.25, 0.3) is 0 Å². The fourth-order valence-electron chi connectivity index (χ4n) is 3.17. The van der Waals surface area contributed by atoms with E-state index in [-0.39, 0.29) is 22.4 Å². The Morgan fingerprint density at radius 1 is 0.900 bits per heavy atom. The predicted molar refractivity (Wildman–Crippen MR) is 117 cm³/mol. The number of hydrogen-bond donors (Lipinski definition) is 2. The zero-order valence-electron chi connectivity index (χ0n) is 16.1. The molecule has 30 heavy (non-hydrogen) atoms. The van der Waals surface area contributed by atoms with Gasteiger partial charge in [0.15, 0.2) is 0 Å². The van der Waals surface area contributed by atoms with Gasteiger partial charge in [-0.3, -0.25) is 4.79 Å². The lowest BCUT2D eigenvalue weighted by Crippen LogP contribution is -2.30. The first-order chi connectivity index (χ1) is 14.4. The zero-order valence-corrected chi connectivity index (χ0v) is 17.7. The number of amides is 1. The lowest BCUT2D eigenvalue weighted by molar-refractivity contribution is 0.0942. The van der Waals surface area contributed by atoms with Gasteiger partial charge in [-0.2, -0.15) is 0 Å². The van der Waals surface area contributed by atoms with Crippen molar-refractivity contribution in [2.75, 3.05) is 0 Å². The second-order valence-electron chi connectivity index (χ2n) is 7.29. The highest BCUT2D eigenvalue weighted by Crippen LogP contribution is 2.25. The Kier molecular flexibility index (Phi) is 5.90. The Labute approximate surface area is 181 Å². The molecule has 1 aliphatic rings. The molecule has 1 atom stereocenters. The topological polar surface area (TPSA) is 75.3 Å². The molecule has 0 spiro atoms. The zero-order chi connectivity index (χ0) is 21.1. The van der Waals surface area contributed by atoms with Crippen molar-refractivity contribution in [1.82, 2.24) is 10.0 Å². The van der Waals surface area contributed by atoms with Crippen LogP contribution in [0.5, 0.6) is 0 Å². The van der Waals surface area contributed by atoms with E-state index in [2.05, 4.69) is 10.0 Å². The molecule has 1 unspecified atom stereocenters. The van der Waals surface area contributed by atoms with Gasteiger partial charge in [0.25, 0.3) is 5.91 Å². The summed E-state index contributed by atoms with van der Waals surface area (Å²) in [4.78, 5) is 13.1. The van der Waals surface area contributed by atoms with E-state index in [4.69, 9.17) is 11.6 Å². The van der Waals surface area contributed by atoms with E-state index in [0.29, 0.717) is 5.02 Å². The molecule has 154 valence electrons. The van der Waals surface area contributed by atoms with Gasteiger partial charge in [-0.05, 0) is 54.3 Å². The Hall–Kier alpha value is -2.67. The van der Waals surface area contributed by atoms with Crippen LogP contribution in [0.1, 0.15) is 40.4 Å². The highest BCUT2D eigenvalue weighted by atomic mass is 35.5. The molecule has 0 aliphatic heterocycles. The van der Waals surface area contributed by atoms with Crippen LogP contribution in [-0.2, 0) is 10.0 Å².